The molecule has 0 aliphatic heterocycles. The van der Waals surface area contributed by atoms with Gasteiger partial charge in [0.1, 0.15) is 5.75 Å². The summed E-state index contributed by atoms with van der Waals surface area (Å²) < 4.78 is 0. The van der Waals surface area contributed by atoms with Crippen molar-refractivity contribution in [3.8, 4) is 5.75 Å². The van der Waals surface area contributed by atoms with Crippen molar-refractivity contribution >= 4 is 0 Å². The summed E-state index contributed by atoms with van der Waals surface area (Å²) in [6, 6.07) is 17.5. The van der Waals surface area contributed by atoms with E-state index < -0.39 is 0 Å². The lowest BCUT2D eigenvalue weighted by atomic mass is 9.71. The van der Waals surface area contributed by atoms with E-state index in [-0.39, 0.29) is 16.9 Å². The van der Waals surface area contributed by atoms with Crippen LogP contribution in [0.3, 0.4) is 0 Å². The van der Waals surface area contributed by atoms with E-state index in [4.69, 9.17) is 0 Å². The molecule has 2 nitrogen and oxygen atoms in total. The molecule has 0 spiro atoms. The first-order chi connectivity index (χ1) is 10.4. The predicted octanol–water partition coefficient (Wildman–Crippen LogP) is 5.11. The van der Waals surface area contributed by atoms with Gasteiger partial charge in [-0.25, -0.2) is 0 Å². The summed E-state index contributed by atoms with van der Waals surface area (Å²) in [5.74, 6) is 0.535. The molecule has 2 aromatic carbocycles. The maximum Gasteiger partial charge on any atom is 0.115 e. The minimum Gasteiger partial charge on any atom is -0.513 e. The summed E-state index contributed by atoms with van der Waals surface area (Å²) in [6.07, 6.45) is 3.64. The first-order valence-corrected chi connectivity index (χ1v) is 7.34. The van der Waals surface area contributed by atoms with Gasteiger partial charge in [-0.05, 0) is 50.1 Å². The Balaban J connectivity index is 2.62. The Morgan fingerprint density at radius 1 is 0.864 bits per heavy atom. The maximum absolute atomic E-state index is 9.55. The first-order valence-electron chi connectivity index (χ1n) is 7.34. The number of phenols is 1. The van der Waals surface area contributed by atoms with E-state index in [2.05, 4.69) is 26.0 Å². The highest BCUT2D eigenvalue weighted by Crippen LogP contribution is 2.39. The van der Waals surface area contributed by atoms with Gasteiger partial charge in [0.15, 0.2) is 0 Å². The van der Waals surface area contributed by atoms with Crippen LogP contribution >= 0.6 is 0 Å². The Morgan fingerprint density at radius 3 is 1.95 bits per heavy atom. The second-order valence-corrected chi connectivity index (χ2v) is 5.70. The Labute approximate surface area is 132 Å². The van der Waals surface area contributed by atoms with Crippen molar-refractivity contribution in [1.82, 2.24) is 0 Å². The minimum atomic E-state index is -0.332. The van der Waals surface area contributed by atoms with Gasteiger partial charge in [-0.1, -0.05) is 54.1 Å². The fourth-order valence-electron chi connectivity index (χ4n) is 2.60. The third-order valence-corrected chi connectivity index (χ3v) is 4.16. The highest BCUT2D eigenvalue weighted by atomic mass is 16.3. The van der Waals surface area contributed by atoms with Gasteiger partial charge in [0.2, 0.25) is 0 Å². The van der Waals surface area contributed by atoms with E-state index in [0.717, 1.165) is 11.1 Å². The summed E-state index contributed by atoms with van der Waals surface area (Å²) in [5.41, 5.74) is 3.03. The zero-order chi connectivity index (χ0) is 16.2. The number of hydrogen-bond donors (Lipinski definition) is 2. The second kappa shape index (κ2) is 6.52. The molecule has 1 unspecified atom stereocenters. The third kappa shape index (κ3) is 3.22. The maximum atomic E-state index is 9.55. The van der Waals surface area contributed by atoms with E-state index in [1.165, 1.54) is 5.56 Å². The smallest absolute Gasteiger partial charge is 0.115 e. The monoisotopic (exact) mass is 294 g/mol. The first kappa shape index (κ1) is 15.9. The molecule has 0 saturated heterocycles. The van der Waals surface area contributed by atoms with E-state index >= 15 is 0 Å². The topological polar surface area (TPSA) is 40.5 Å². The van der Waals surface area contributed by atoms with Gasteiger partial charge in [-0.3, -0.25) is 0 Å². The van der Waals surface area contributed by atoms with E-state index in [9.17, 15) is 10.2 Å². The lowest BCUT2D eigenvalue weighted by Crippen LogP contribution is -2.25. The molecule has 0 heterocycles. The molecule has 2 rings (SSSR count). The number of aliphatic hydroxyl groups excluding tert-OH is 1. The number of benzene rings is 2. The number of aromatic hydroxyl groups is 1. The molecule has 0 saturated carbocycles. The quantitative estimate of drug-likeness (QED) is 0.608. The molecule has 0 radical (unpaired) electrons. The van der Waals surface area contributed by atoms with Gasteiger partial charge in [0.05, 0.1) is 5.76 Å². The summed E-state index contributed by atoms with van der Waals surface area (Å²) >= 11 is 0. The Bertz CT molecular complexity index is 677. The zero-order valence-corrected chi connectivity index (χ0v) is 13.2. The van der Waals surface area contributed by atoms with Crippen molar-refractivity contribution in [1.29, 1.82) is 0 Å². The average Bonchev–Trinajstić information content (AvgIpc) is 2.53. The van der Waals surface area contributed by atoms with Crippen molar-refractivity contribution in [3.05, 3.63) is 89.2 Å². The summed E-state index contributed by atoms with van der Waals surface area (Å²) in [5, 5.41) is 19.0. The van der Waals surface area contributed by atoms with Gasteiger partial charge in [-0.2, -0.15) is 0 Å². The largest absolute Gasteiger partial charge is 0.513 e. The number of rotatable bonds is 4. The molecule has 0 amide bonds. The summed E-state index contributed by atoms with van der Waals surface area (Å²) in [4.78, 5) is 0. The number of phenolic OH excluding ortho intramolecular Hbond substituents is 1. The van der Waals surface area contributed by atoms with Crippen molar-refractivity contribution in [3.63, 3.8) is 0 Å². The fraction of sp³-hybridized carbons (Fsp3) is 0.200. The number of allylic oxidation sites excluding steroid dienone is 4. The van der Waals surface area contributed by atoms with Crippen molar-refractivity contribution in [2.24, 2.45) is 0 Å². The van der Waals surface area contributed by atoms with Crippen molar-refractivity contribution in [2.75, 3.05) is 0 Å². The number of aliphatic hydroxyl groups is 1. The highest BCUT2D eigenvalue weighted by molar-refractivity contribution is 5.48. The highest BCUT2D eigenvalue weighted by Gasteiger charge is 2.30. The van der Waals surface area contributed by atoms with Gasteiger partial charge in [0, 0.05) is 5.41 Å². The van der Waals surface area contributed by atoms with Gasteiger partial charge in [0.25, 0.3) is 0 Å². The van der Waals surface area contributed by atoms with Crippen LogP contribution in [0.2, 0.25) is 0 Å². The van der Waals surface area contributed by atoms with Crippen LogP contribution in [0.25, 0.3) is 0 Å². The Kier molecular flexibility index (Phi) is 4.71. The van der Waals surface area contributed by atoms with E-state index in [1.807, 2.05) is 36.4 Å². The molecule has 1 atom stereocenters. The van der Waals surface area contributed by atoms with Crippen LogP contribution in [0.4, 0.5) is 0 Å². The van der Waals surface area contributed by atoms with Gasteiger partial charge < -0.3 is 10.2 Å². The van der Waals surface area contributed by atoms with Crippen LogP contribution in [-0.4, -0.2) is 10.2 Å². The molecule has 0 fully saturated rings. The molecule has 0 bridgehead atoms. The molecule has 2 aromatic rings. The molecule has 2 heteroatoms. The van der Waals surface area contributed by atoms with Gasteiger partial charge in [-0.15, -0.1) is 0 Å². The molecule has 114 valence electrons. The van der Waals surface area contributed by atoms with E-state index in [0.29, 0.717) is 0 Å². The lowest BCUT2D eigenvalue weighted by molar-refractivity contribution is 0.414. The van der Waals surface area contributed by atoms with Crippen LogP contribution in [0, 0.1) is 0 Å². The SMILES string of the molecule is C/C(O)=C\C=C(/C)C(C)(c1ccccc1)c1ccc(O)cc1. The van der Waals surface area contributed by atoms with Crippen LogP contribution < -0.4 is 0 Å². The Hall–Kier alpha value is -2.48. The molecule has 0 aliphatic rings. The van der Waals surface area contributed by atoms with E-state index in [1.54, 1.807) is 25.1 Å². The Morgan fingerprint density at radius 2 is 1.41 bits per heavy atom. The van der Waals surface area contributed by atoms with Crippen molar-refractivity contribution in [2.45, 2.75) is 26.2 Å². The zero-order valence-electron chi connectivity index (χ0n) is 13.2. The molecular weight excluding hydrogens is 272 g/mol. The standard InChI is InChI=1S/C20H22O2/c1-15(9-10-16(2)21)20(3,17-7-5-4-6-8-17)18-11-13-19(22)14-12-18/h4-14,21-22H,1-3H3/b15-9+,16-10+. The molecule has 2 N–H and O–H groups in total. The molecular formula is C20H22O2. The summed E-state index contributed by atoms with van der Waals surface area (Å²) in [6.45, 7) is 5.87. The van der Waals surface area contributed by atoms with Crippen LogP contribution in [0.1, 0.15) is 31.9 Å². The normalized spacial score (nSPS) is 15.4. The minimum absolute atomic E-state index is 0.256. The fourth-order valence-corrected chi connectivity index (χ4v) is 2.60. The number of hydrogen-bond acceptors (Lipinski definition) is 2. The molecule has 22 heavy (non-hydrogen) atoms. The predicted molar refractivity (Wildman–Crippen MR) is 91.1 cm³/mol. The van der Waals surface area contributed by atoms with Crippen molar-refractivity contribution < 1.29 is 10.2 Å². The van der Waals surface area contributed by atoms with Gasteiger partial charge >= 0.3 is 0 Å². The second-order valence-electron chi connectivity index (χ2n) is 5.70. The van der Waals surface area contributed by atoms with Crippen LogP contribution in [0.5, 0.6) is 5.75 Å². The molecule has 0 aliphatic carbocycles. The average molecular weight is 294 g/mol. The summed E-state index contributed by atoms with van der Waals surface area (Å²) in [7, 11) is 0. The van der Waals surface area contributed by atoms with Crippen LogP contribution in [0.15, 0.2) is 78.1 Å². The van der Waals surface area contributed by atoms with Crippen LogP contribution in [-0.2, 0) is 5.41 Å². The molecule has 0 aromatic heterocycles. The third-order valence-electron chi connectivity index (χ3n) is 4.16. The lowest BCUT2D eigenvalue weighted by Gasteiger charge is -2.32.